The number of urea groups is 1. The molecule has 0 radical (unpaired) electrons. The van der Waals surface area contributed by atoms with Crippen LogP contribution in [0.2, 0.25) is 0 Å². The number of aliphatic hydroxyl groups is 1. The van der Waals surface area contributed by atoms with E-state index in [2.05, 4.69) is 16.0 Å². The van der Waals surface area contributed by atoms with E-state index >= 15 is 0 Å². The average Bonchev–Trinajstić information content (AvgIpc) is 3.31. The number of nitrogens with one attached hydrogen (secondary N) is 3. The lowest BCUT2D eigenvalue weighted by molar-refractivity contribution is -0.147. The summed E-state index contributed by atoms with van der Waals surface area (Å²) in [7, 11) is 0. The molecule has 1 aliphatic heterocycles. The second kappa shape index (κ2) is 13.5. The van der Waals surface area contributed by atoms with E-state index in [1.807, 2.05) is 45.0 Å². The van der Waals surface area contributed by atoms with Crippen LogP contribution in [0.5, 0.6) is 0 Å². The normalized spacial score (nSPS) is 17.2. The first-order valence-electron chi connectivity index (χ1n) is 13.6. The number of aryl methyl sites for hydroxylation is 1. The monoisotopic (exact) mass is 614 g/mol. The lowest BCUT2D eigenvalue weighted by Crippen LogP contribution is -2.59. The molecule has 1 saturated heterocycles. The topological polar surface area (TPSA) is 111 Å². The van der Waals surface area contributed by atoms with Crippen molar-refractivity contribution in [2.75, 3.05) is 11.2 Å². The first kappa shape index (κ1) is 31.9. The van der Waals surface area contributed by atoms with E-state index in [1.54, 1.807) is 30.3 Å². The Morgan fingerprint density at radius 1 is 1.00 bits per heavy atom. The predicted octanol–water partition coefficient (Wildman–Crippen LogP) is 4.50. The fourth-order valence-corrected chi connectivity index (χ4v) is 6.04. The molecule has 0 aliphatic carbocycles. The van der Waals surface area contributed by atoms with Crippen molar-refractivity contribution in [1.82, 2.24) is 15.5 Å². The van der Waals surface area contributed by atoms with Crippen molar-refractivity contribution in [3.63, 3.8) is 0 Å². The minimum Gasteiger partial charge on any atom is -0.381 e. The number of halogens is 3. The highest BCUT2D eigenvalue weighted by Crippen LogP contribution is 2.40. The number of anilines is 1. The highest BCUT2D eigenvalue weighted by atomic mass is 32.2. The Bertz CT molecular complexity index is 1490. The molecule has 4 amide bonds. The van der Waals surface area contributed by atoms with Crippen molar-refractivity contribution >= 4 is 35.3 Å². The smallest absolute Gasteiger partial charge is 0.319 e. The fourth-order valence-electron chi connectivity index (χ4n) is 4.90. The van der Waals surface area contributed by atoms with E-state index in [4.69, 9.17) is 0 Å². The van der Waals surface area contributed by atoms with Gasteiger partial charge in [0.2, 0.25) is 5.91 Å². The largest absolute Gasteiger partial charge is 0.381 e. The van der Waals surface area contributed by atoms with Gasteiger partial charge in [0, 0.05) is 11.3 Å². The van der Waals surface area contributed by atoms with E-state index < -0.39 is 63.9 Å². The van der Waals surface area contributed by atoms with E-state index in [0.29, 0.717) is 11.6 Å². The van der Waals surface area contributed by atoms with Gasteiger partial charge in [0.05, 0.1) is 17.6 Å². The van der Waals surface area contributed by atoms with Crippen LogP contribution < -0.4 is 16.0 Å². The molecule has 1 aliphatic rings. The standard InChI is InChI=1S/C31H33F3N4O4S/c1-18-9-7-8-12-20(18)16-35-28(40)27-31(2,3)43-17-38(27)29(41)26(39)23(15-19-10-5-4-6-11-19)37-30(42)36-22-14-13-21(32)24(33)25(22)34/h4-14,23,26-27,39H,15-17H2,1-3H3,(H,35,40)(H2,36,37,42). The van der Waals surface area contributed by atoms with Crippen LogP contribution in [0.15, 0.2) is 66.7 Å². The second-order valence-electron chi connectivity index (χ2n) is 10.8. The van der Waals surface area contributed by atoms with Crippen LogP contribution in [-0.4, -0.2) is 56.7 Å². The van der Waals surface area contributed by atoms with Crippen molar-refractivity contribution in [3.05, 3.63) is 101 Å². The highest BCUT2D eigenvalue weighted by Gasteiger charge is 2.49. The number of thioether (sulfide) groups is 1. The molecule has 3 atom stereocenters. The first-order valence-corrected chi connectivity index (χ1v) is 14.6. The van der Waals surface area contributed by atoms with Gasteiger partial charge in [-0.15, -0.1) is 11.8 Å². The Morgan fingerprint density at radius 2 is 1.67 bits per heavy atom. The first-order chi connectivity index (χ1) is 20.4. The van der Waals surface area contributed by atoms with Crippen LogP contribution in [0.3, 0.4) is 0 Å². The summed E-state index contributed by atoms with van der Waals surface area (Å²) in [4.78, 5) is 41.3. The molecule has 4 N–H and O–H groups in total. The maximum Gasteiger partial charge on any atom is 0.319 e. The molecule has 0 saturated carbocycles. The molecule has 0 aromatic heterocycles. The number of rotatable bonds is 9. The van der Waals surface area contributed by atoms with Gasteiger partial charge < -0.3 is 26.0 Å². The molecule has 0 spiro atoms. The number of benzene rings is 3. The van der Waals surface area contributed by atoms with Gasteiger partial charge in [0.15, 0.2) is 23.6 Å². The summed E-state index contributed by atoms with van der Waals surface area (Å²) in [6.07, 6.45) is -1.81. The Kier molecular flexibility index (Phi) is 10.0. The molecular weight excluding hydrogens is 581 g/mol. The molecule has 43 heavy (non-hydrogen) atoms. The summed E-state index contributed by atoms with van der Waals surface area (Å²) in [5, 5.41) is 18.8. The molecule has 4 rings (SSSR count). The molecule has 1 heterocycles. The maximum absolute atomic E-state index is 14.2. The number of carbonyl (C=O) groups excluding carboxylic acids is 3. The van der Waals surface area contributed by atoms with Crippen LogP contribution in [0.4, 0.5) is 23.7 Å². The van der Waals surface area contributed by atoms with Gasteiger partial charge in [-0.2, -0.15) is 0 Å². The number of nitrogens with zero attached hydrogens (tertiary/aromatic N) is 1. The number of hydrogen-bond acceptors (Lipinski definition) is 5. The summed E-state index contributed by atoms with van der Waals surface area (Å²) < 4.78 is 40.5. The number of aliphatic hydroxyl groups excluding tert-OH is 1. The summed E-state index contributed by atoms with van der Waals surface area (Å²) in [6.45, 7) is 5.85. The minimum absolute atomic E-state index is 0.00402. The minimum atomic E-state index is -1.80. The number of amides is 4. The molecular formula is C31H33F3N4O4S. The molecule has 0 bridgehead atoms. The Hall–Kier alpha value is -4.03. The zero-order valence-corrected chi connectivity index (χ0v) is 24.7. The molecule has 3 aromatic carbocycles. The second-order valence-corrected chi connectivity index (χ2v) is 12.4. The van der Waals surface area contributed by atoms with Crippen molar-refractivity contribution in [3.8, 4) is 0 Å². The number of hydrogen-bond donors (Lipinski definition) is 4. The Morgan fingerprint density at radius 3 is 2.37 bits per heavy atom. The van der Waals surface area contributed by atoms with Gasteiger partial charge in [0.25, 0.3) is 5.91 Å². The van der Waals surface area contributed by atoms with E-state index in [-0.39, 0.29) is 18.8 Å². The van der Waals surface area contributed by atoms with Gasteiger partial charge >= 0.3 is 6.03 Å². The molecule has 1 fully saturated rings. The summed E-state index contributed by atoms with van der Waals surface area (Å²) >= 11 is 1.38. The van der Waals surface area contributed by atoms with Crippen molar-refractivity contribution in [2.24, 2.45) is 0 Å². The lowest BCUT2D eigenvalue weighted by Gasteiger charge is -2.33. The average molecular weight is 615 g/mol. The number of carbonyl (C=O) groups is 3. The molecule has 12 heteroatoms. The van der Waals surface area contributed by atoms with Crippen LogP contribution in [0.1, 0.15) is 30.5 Å². The third-order valence-corrected chi connectivity index (χ3v) is 8.70. The summed E-state index contributed by atoms with van der Waals surface area (Å²) in [5.74, 6) is -5.82. The molecule has 3 aromatic rings. The maximum atomic E-state index is 14.2. The van der Waals surface area contributed by atoms with E-state index in [0.717, 1.165) is 17.2 Å². The molecule has 3 unspecified atom stereocenters. The van der Waals surface area contributed by atoms with Crippen LogP contribution in [-0.2, 0) is 22.6 Å². The zero-order valence-electron chi connectivity index (χ0n) is 23.9. The van der Waals surface area contributed by atoms with Crippen molar-refractivity contribution < 1.29 is 32.7 Å². The van der Waals surface area contributed by atoms with Gasteiger partial charge in [-0.3, -0.25) is 9.59 Å². The molecule has 228 valence electrons. The van der Waals surface area contributed by atoms with Gasteiger partial charge in [-0.05, 0) is 56.0 Å². The third kappa shape index (κ3) is 7.49. The van der Waals surface area contributed by atoms with Crippen LogP contribution in [0, 0.1) is 24.4 Å². The van der Waals surface area contributed by atoms with Crippen LogP contribution in [0.25, 0.3) is 0 Å². The Balaban J connectivity index is 1.53. The zero-order chi connectivity index (χ0) is 31.3. The van der Waals surface area contributed by atoms with Gasteiger partial charge in [-0.1, -0.05) is 54.6 Å². The fraction of sp³-hybridized carbons (Fsp3) is 0.323. The van der Waals surface area contributed by atoms with E-state index in [1.165, 1.54) is 16.7 Å². The highest BCUT2D eigenvalue weighted by molar-refractivity contribution is 8.00. The van der Waals surface area contributed by atoms with E-state index in [9.17, 15) is 32.7 Å². The van der Waals surface area contributed by atoms with Crippen LogP contribution >= 0.6 is 11.8 Å². The summed E-state index contributed by atoms with van der Waals surface area (Å²) in [6, 6.07) is 14.6. The van der Waals surface area contributed by atoms with Gasteiger partial charge in [-0.25, -0.2) is 18.0 Å². The SMILES string of the molecule is Cc1ccccc1CNC(=O)C1N(C(=O)C(O)C(Cc2ccccc2)NC(=O)Nc2ccc(F)c(F)c2F)CSC1(C)C. The van der Waals surface area contributed by atoms with Crippen molar-refractivity contribution in [2.45, 2.75) is 56.7 Å². The summed E-state index contributed by atoms with van der Waals surface area (Å²) in [5.41, 5.74) is 1.97. The third-order valence-electron chi connectivity index (χ3n) is 7.32. The molecule has 8 nitrogen and oxygen atoms in total. The predicted molar refractivity (Wildman–Crippen MR) is 159 cm³/mol. The lowest BCUT2D eigenvalue weighted by atomic mass is 9.97. The van der Waals surface area contributed by atoms with Crippen molar-refractivity contribution in [1.29, 1.82) is 0 Å². The quantitative estimate of drug-likeness (QED) is 0.266. The van der Waals surface area contributed by atoms with Gasteiger partial charge in [0.1, 0.15) is 6.04 Å². The Labute approximate surface area is 252 Å².